The third-order valence-corrected chi connectivity index (χ3v) is 3.70. The number of aliphatic carboxylic acids is 1. The smallest absolute Gasteiger partial charge is 0.394 e. The molecule has 0 radical (unpaired) electrons. The second-order valence-electron chi connectivity index (χ2n) is 4.70. The normalized spacial score (nSPS) is 30.5. The van der Waals surface area contributed by atoms with Gasteiger partial charge in [-0.15, -0.1) is 0 Å². The predicted octanol–water partition coefficient (Wildman–Crippen LogP) is -0.871. The quantitative estimate of drug-likeness (QED) is 0.584. The largest absolute Gasteiger partial charge is 0.474 e. The van der Waals surface area contributed by atoms with Gasteiger partial charge < -0.3 is 15.1 Å². The van der Waals surface area contributed by atoms with Crippen LogP contribution in [-0.2, 0) is 9.59 Å². The van der Waals surface area contributed by atoms with E-state index in [1.807, 2.05) is 0 Å². The lowest BCUT2D eigenvalue weighted by molar-refractivity contribution is -0.157. The molecule has 1 aliphatic heterocycles. The van der Waals surface area contributed by atoms with Gasteiger partial charge in [0.15, 0.2) is 0 Å². The topological polar surface area (TPSA) is 81.1 Å². The van der Waals surface area contributed by atoms with E-state index in [1.54, 1.807) is 0 Å². The van der Waals surface area contributed by atoms with Crippen LogP contribution < -0.4 is 0 Å². The lowest BCUT2D eigenvalue weighted by Crippen LogP contribution is -2.54. The summed E-state index contributed by atoms with van der Waals surface area (Å²) in [6.45, 7) is 2.18. The lowest BCUT2D eigenvalue weighted by Gasteiger charge is -2.38. The van der Waals surface area contributed by atoms with Crippen molar-refractivity contribution < 1.29 is 19.8 Å². The Bertz CT molecular complexity index is 313. The first-order chi connectivity index (χ1) is 8.09. The van der Waals surface area contributed by atoms with E-state index in [4.69, 9.17) is 5.11 Å². The summed E-state index contributed by atoms with van der Waals surface area (Å²) in [6.07, 6.45) is 2.62. The number of carboxylic acid groups (broad SMARTS) is 1. The van der Waals surface area contributed by atoms with Crippen LogP contribution in [-0.4, -0.2) is 70.2 Å². The number of piperazine rings is 1. The Hall–Kier alpha value is -1.14. The molecule has 6 nitrogen and oxygen atoms in total. The van der Waals surface area contributed by atoms with E-state index in [2.05, 4.69) is 4.90 Å². The molecular formula is C11H18N2O4. The molecule has 6 heteroatoms. The number of carboxylic acids is 1. The predicted molar refractivity (Wildman–Crippen MR) is 59.4 cm³/mol. The van der Waals surface area contributed by atoms with E-state index in [9.17, 15) is 14.7 Å². The minimum Gasteiger partial charge on any atom is -0.474 e. The molecular weight excluding hydrogens is 224 g/mol. The van der Waals surface area contributed by atoms with Crippen molar-refractivity contribution in [3.8, 4) is 0 Å². The summed E-state index contributed by atoms with van der Waals surface area (Å²) < 4.78 is 0. The fourth-order valence-corrected chi connectivity index (χ4v) is 2.74. The number of carbonyl (C=O) groups is 2. The Labute approximate surface area is 99.8 Å². The molecule has 0 aromatic carbocycles. The lowest BCUT2D eigenvalue weighted by atomic mass is 10.1. The second-order valence-corrected chi connectivity index (χ2v) is 4.70. The Morgan fingerprint density at radius 1 is 1.06 bits per heavy atom. The summed E-state index contributed by atoms with van der Waals surface area (Å²) in [5, 5.41) is 18.4. The fraction of sp³-hybridized carbons (Fsp3) is 0.818. The zero-order valence-electron chi connectivity index (χ0n) is 9.71. The SMILES string of the molecule is O=C(O)C(=O)N1CCN([C@@H]2CCC[C@H]2O)CC1. The standard InChI is InChI=1S/C11H18N2O4/c14-9-3-1-2-8(9)12-4-6-13(7-5-12)10(15)11(16)17/h8-9,14H,1-7H2,(H,16,17)/t8-,9-/m1/s1. The number of aliphatic hydroxyl groups is 1. The molecule has 1 aliphatic carbocycles. The minimum atomic E-state index is -1.39. The number of aliphatic hydroxyl groups excluding tert-OH is 1. The molecule has 0 spiro atoms. The van der Waals surface area contributed by atoms with Gasteiger partial charge in [0, 0.05) is 32.2 Å². The summed E-state index contributed by atoms with van der Waals surface area (Å²) in [7, 11) is 0. The number of carbonyl (C=O) groups excluding carboxylic acids is 1. The Morgan fingerprint density at radius 3 is 2.18 bits per heavy atom. The van der Waals surface area contributed by atoms with Crippen LogP contribution in [0, 0.1) is 0 Å². The Kier molecular flexibility index (Phi) is 3.63. The van der Waals surface area contributed by atoms with E-state index >= 15 is 0 Å². The van der Waals surface area contributed by atoms with Crippen LogP contribution in [0.1, 0.15) is 19.3 Å². The van der Waals surface area contributed by atoms with Crippen LogP contribution in [0.25, 0.3) is 0 Å². The zero-order chi connectivity index (χ0) is 12.4. The molecule has 1 saturated heterocycles. The highest BCUT2D eigenvalue weighted by Gasteiger charge is 2.34. The summed E-state index contributed by atoms with van der Waals surface area (Å²) in [4.78, 5) is 25.3. The van der Waals surface area contributed by atoms with Crippen molar-refractivity contribution in [3.63, 3.8) is 0 Å². The second kappa shape index (κ2) is 5.01. The molecule has 96 valence electrons. The van der Waals surface area contributed by atoms with Crippen LogP contribution in [0.3, 0.4) is 0 Å². The maximum atomic E-state index is 11.2. The summed E-state index contributed by atoms with van der Waals surface area (Å²) >= 11 is 0. The molecule has 2 N–H and O–H groups in total. The molecule has 0 bridgehead atoms. The monoisotopic (exact) mass is 242 g/mol. The summed E-state index contributed by atoms with van der Waals surface area (Å²) in [6, 6.07) is 0.192. The molecule has 1 amide bonds. The number of amides is 1. The van der Waals surface area contributed by atoms with Crippen molar-refractivity contribution in [1.29, 1.82) is 0 Å². The molecule has 2 atom stereocenters. The average Bonchev–Trinajstić information content (AvgIpc) is 2.74. The van der Waals surface area contributed by atoms with Crippen LogP contribution in [0.15, 0.2) is 0 Å². The maximum Gasteiger partial charge on any atom is 0.394 e. The van der Waals surface area contributed by atoms with E-state index in [-0.39, 0.29) is 12.1 Å². The van der Waals surface area contributed by atoms with Gasteiger partial charge in [0.2, 0.25) is 0 Å². The van der Waals surface area contributed by atoms with E-state index < -0.39 is 11.9 Å². The molecule has 17 heavy (non-hydrogen) atoms. The Balaban J connectivity index is 1.85. The van der Waals surface area contributed by atoms with Crippen molar-refractivity contribution in [3.05, 3.63) is 0 Å². The molecule has 2 aliphatic rings. The van der Waals surface area contributed by atoms with Crippen LogP contribution >= 0.6 is 0 Å². The van der Waals surface area contributed by atoms with Gasteiger partial charge in [0.1, 0.15) is 0 Å². The van der Waals surface area contributed by atoms with Gasteiger partial charge in [-0.25, -0.2) is 4.79 Å². The molecule has 2 fully saturated rings. The van der Waals surface area contributed by atoms with Gasteiger partial charge >= 0.3 is 11.9 Å². The van der Waals surface area contributed by atoms with Gasteiger partial charge in [-0.1, -0.05) is 0 Å². The third kappa shape index (κ3) is 2.58. The van der Waals surface area contributed by atoms with Crippen molar-refractivity contribution >= 4 is 11.9 Å². The number of hydrogen-bond donors (Lipinski definition) is 2. The average molecular weight is 242 g/mol. The molecule has 1 saturated carbocycles. The molecule has 0 aromatic heterocycles. The molecule has 0 aromatic rings. The van der Waals surface area contributed by atoms with Crippen LogP contribution in [0.2, 0.25) is 0 Å². The fourth-order valence-electron chi connectivity index (χ4n) is 2.74. The van der Waals surface area contributed by atoms with Crippen molar-refractivity contribution in [1.82, 2.24) is 9.80 Å². The van der Waals surface area contributed by atoms with Crippen LogP contribution in [0.4, 0.5) is 0 Å². The van der Waals surface area contributed by atoms with Gasteiger partial charge in [0.25, 0.3) is 0 Å². The van der Waals surface area contributed by atoms with Crippen molar-refractivity contribution in [2.75, 3.05) is 26.2 Å². The highest BCUT2D eigenvalue weighted by molar-refractivity contribution is 6.31. The summed E-state index contributed by atoms with van der Waals surface area (Å²) in [5.74, 6) is -2.21. The number of rotatable bonds is 1. The summed E-state index contributed by atoms with van der Waals surface area (Å²) in [5.41, 5.74) is 0. The zero-order valence-corrected chi connectivity index (χ0v) is 9.71. The van der Waals surface area contributed by atoms with Crippen LogP contribution in [0.5, 0.6) is 0 Å². The van der Waals surface area contributed by atoms with Gasteiger partial charge in [0.05, 0.1) is 6.10 Å². The highest BCUT2D eigenvalue weighted by Crippen LogP contribution is 2.24. The van der Waals surface area contributed by atoms with Crippen molar-refractivity contribution in [2.45, 2.75) is 31.4 Å². The highest BCUT2D eigenvalue weighted by atomic mass is 16.4. The minimum absolute atomic E-state index is 0.192. The van der Waals surface area contributed by atoms with E-state index in [0.29, 0.717) is 26.2 Å². The van der Waals surface area contributed by atoms with Gasteiger partial charge in [-0.3, -0.25) is 9.69 Å². The Morgan fingerprint density at radius 2 is 1.71 bits per heavy atom. The number of nitrogens with zero attached hydrogens (tertiary/aromatic N) is 2. The molecule has 1 heterocycles. The van der Waals surface area contributed by atoms with E-state index in [0.717, 1.165) is 19.3 Å². The molecule has 0 unspecified atom stereocenters. The number of hydrogen-bond acceptors (Lipinski definition) is 4. The maximum absolute atomic E-state index is 11.2. The van der Waals surface area contributed by atoms with E-state index in [1.165, 1.54) is 4.90 Å². The van der Waals surface area contributed by atoms with Gasteiger partial charge in [-0.2, -0.15) is 0 Å². The molecule has 2 rings (SSSR count). The first kappa shape index (κ1) is 12.3. The van der Waals surface area contributed by atoms with Gasteiger partial charge in [-0.05, 0) is 19.3 Å². The first-order valence-corrected chi connectivity index (χ1v) is 6.04. The van der Waals surface area contributed by atoms with Crippen molar-refractivity contribution in [2.24, 2.45) is 0 Å². The first-order valence-electron chi connectivity index (χ1n) is 6.04. The third-order valence-electron chi connectivity index (χ3n) is 3.70.